The highest BCUT2D eigenvalue weighted by Gasteiger charge is 2.32. The predicted octanol–water partition coefficient (Wildman–Crippen LogP) is 2.49. The number of nitro benzene ring substituents is 1. The van der Waals surface area contributed by atoms with Crippen molar-refractivity contribution in [2.45, 2.75) is 17.9 Å². The minimum Gasteiger partial charge on any atom is -0.298 e. The standard InChI is InChI=1S/C18H21N3O4S/c22-21(23)17-9-4-5-10-18(17)26(24,25)20-12-6-11-19(13-14-20)15-16-7-2-1-3-8-16/h1-5,7-10H,6,11-15H2. The molecule has 1 heterocycles. The summed E-state index contributed by atoms with van der Waals surface area (Å²) in [6.07, 6.45) is 0.687. The largest absolute Gasteiger partial charge is 0.298 e. The van der Waals surface area contributed by atoms with Crippen LogP contribution in [0.3, 0.4) is 0 Å². The molecule has 0 atom stereocenters. The third-order valence-corrected chi connectivity index (χ3v) is 6.42. The number of benzene rings is 2. The van der Waals surface area contributed by atoms with Crippen LogP contribution in [0.25, 0.3) is 0 Å². The average molecular weight is 375 g/mol. The van der Waals surface area contributed by atoms with Gasteiger partial charge in [0.25, 0.3) is 5.69 Å². The van der Waals surface area contributed by atoms with Gasteiger partial charge < -0.3 is 0 Å². The number of sulfonamides is 1. The Kier molecular flexibility index (Phi) is 5.65. The van der Waals surface area contributed by atoms with Gasteiger partial charge in [-0.05, 0) is 24.6 Å². The van der Waals surface area contributed by atoms with Crippen LogP contribution < -0.4 is 0 Å². The highest BCUT2D eigenvalue weighted by molar-refractivity contribution is 7.89. The highest BCUT2D eigenvalue weighted by Crippen LogP contribution is 2.27. The first kappa shape index (κ1) is 18.5. The first-order chi connectivity index (χ1) is 12.5. The first-order valence-corrected chi connectivity index (χ1v) is 9.92. The molecule has 1 saturated heterocycles. The minimum atomic E-state index is -3.89. The van der Waals surface area contributed by atoms with Gasteiger partial charge in [0.2, 0.25) is 10.0 Å². The summed E-state index contributed by atoms with van der Waals surface area (Å²) in [5.41, 5.74) is 0.806. The van der Waals surface area contributed by atoms with Crippen molar-refractivity contribution in [3.8, 4) is 0 Å². The van der Waals surface area contributed by atoms with Crippen LogP contribution in [0.1, 0.15) is 12.0 Å². The van der Waals surface area contributed by atoms with Gasteiger partial charge in [-0.1, -0.05) is 42.5 Å². The number of hydrogen-bond donors (Lipinski definition) is 0. The fraction of sp³-hybridized carbons (Fsp3) is 0.333. The average Bonchev–Trinajstić information content (AvgIpc) is 2.88. The molecule has 1 aliphatic rings. The molecule has 26 heavy (non-hydrogen) atoms. The Bertz CT molecular complexity index is 871. The van der Waals surface area contributed by atoms with Gasteiger partial charge in [-0.2, -0.15) is 4.31 Å². The van der Waals surface area contributed by atoms with Crippen LogP contribution in [0.5, 0.6) is 0 Å². The van der Waals surface area contributed by atoms with E-state index >= 15 is 0 Å². The van der Waals surface area contributed by atoms with Crippen molar-refractivity contribution in [1.29, 1.82) is 0 Å². The van der Waals surface area contributed by atoms with Gasteiger partial charge in [0.1, 0.15) is 0 Å². The second-order valence-corrected chi connectivity index (χ2v) is 8.15. The smallest absolute Gasteiger partial charge is 0.289 e. The summed E-state index contributed by atoms with van der Waals surface area (Å²) in [4.78, 5) is 12.5. The lowest BCUT2D eigenvalue weighted by atomic mass is 10.2. The fourth-order valence-electron chi connectivity index (χ4n) is 3.15. The molecule has 7 nitrogen and oxygen atoms in total. The lowest BCUT2D eigenvalue weighted by molar-refractivity contribution is -0.387. The molecular formula is C18H21N3O4S. The van der Waals surface area contributed by atoms with Crippen molar-refractivity contribution in [2.75, 3.05) is 26.2 Å². The fourth-order valence-corrected chi connectivity index (χ4v) is 4.78. The van der Waals surface area contributed by atoms with E-state index in [9.17, 15) is 18.5 Å². The van der Waals surface area contributed by atoms with E-state index in [4.69, 9.17) is 0 Å². The van der Waals surface area contributed by atoms with E-state index in [1.807, 2.05) is 30.3 Å². The zero-order valence-electron chi connectivity index (χ0n) is 14.3. The maximum atomic E-state index is 12.9. The van der Waals surface area contributed by atoms with Gasteiger partial charge in [0, 0.05) is 32.2 Å². The topological polar surface area (TPSA) is 83.8 Å². The maximum absolute atomic E-state index is 12.9. The van der Waals surface area contributed by atoms with Gasteiger partial charge in [-0.3, -0.25) is 15.0 Å². The third-order valence-electron chi connectivity index (χ3n) is 4.48. The molecule has 1 fully saturated rings. The lowest BCUT2D eigenvalue weighted by Crippen LogP contribution is -2.35. The Morgan fingerprint density at radius 2 is 1.62 bits per heavy atom. The SMILES string of the molecule is O=[N+]([O-])c1ccccc1S(=O)(=O)N1CCCN(Cc2ccccc2)CC1. The quantitative estimate of drug-likeness (QED) is 0.592. The number of rotatable bonds is 5. The predicted molar refractivity (Wildman–Crippen MR) is 98.2 cm³/mol. The van der Waals surface area contributed by atoms with Crippen molar-refractivity contribution in [3.63, 3.8) is 0 Å². The molecule has 0 aliphatic carbocycles. The van der Waals surface area contributed by atoms with Crippen LogP contribution in [0, 0.1) is 10.1 Å². The van der Waals surface area contributed by atoms with Crippen LogP contribution in [-0.4, -0.2) is 48.7 Å². The van der Waals surface area contributed by atoms with Crippen LogP contribution in [0.4, 0.5) is 5.69 Å². The highest BCUT2D eigenvalue weighted by atomic mass is 32.2. The zero-order valence-corrected chi connectivity index (χ0v) is 15.1. The molecule has 0 aromatic heterocycles. The molecule has 2 aromatic rings. The Morgan fingerprint density at radius 1 is 0.923 bits per heavy atom. The summed E-state index contributed by atoms with van der Waals surface area (Å²) in [7, 11) is -3.89. The Labute approximate surface area is 153 Å². The number of nitrogens with zero attached hydrogens (tertiary/aromatic N) is 3. The molecule has 2 aromatic carbocycles. The van der Waals surface area contributed by atoms with Crippen molar-refractivity contribution in [2.24, 2.45) is 0 Å². The minimum absolute atomic E-state index is 0.235. The van der Waals surface area contributed by atoms with E-state index in [0.29, 0.717) is 26.1 Å². The monoisotopic (exact) mass is 375 g/mol. The van der Waals surface area contributed by atoms with Crippen molar-refractivity contribution < 1.29 is 13.3 Å². The molecule has 0 N–H and O–H groups in total. The molecule has 3 rings (SSSR count). The van der Waals surface area contributed by atoms with Gasteiger partial charge in [0.05, 0.1) is 4.92 Å². The summed E-state index contributed by atoms with van der Waals surface area (Å²) in [6.45, 7) is 2.83. The van der Waals surface area contributed by atoms with Crippen LogP contribution in [0.15, 0.2) is 59.5 Å². The molecule has 0 radical (unpaired) electrons. The summed E-state index contributed by atoms with van der Waals surface area (Å²) in [6, 6.07) is 15.6. The van der Waals surface area contributed by atoms with Gasteiger partial charge in [-0.15, -0.1) is 0 Å². The van der Waals surface area contributed by atoms with Crippen LogP contribution in [0.2, 0.25) is 0 Å². The summed E-state index contributed by atoms with van der Waals surface area (Å²) < 4.78 is 27.2. The van der Waals surface area contributed by atoms with E-state index in [0.717, 1.165) is 13.1 Å². The number of nitro groups is 1. The van der Waals surface area contributed by atoms with Gasteiger partial charge in [-0.25, -0.2) is 8.42 Å². The zero-order chi connectivity index (χ0) is 18.6. The first-order valence-electron chi connectivity index (χ1n) is 8.48. The van der Waals surface area contributed by atoms with Crippen molar-refractivity contribution in [3.05, 3.63) is 70.3 Å². The molecule has 8 heteroatoms. The van der Waals surface area contributed by atoms with Crippen LogP contribution in [-0.2, 0) is 16.6 Å². The van der Waals surface area contributed by atoms with E-state index in [1.54, 1.807) is 0 Å². The Balaban J connectivity index is 1.75. The normalized spacial score (nSPS) is 16.9. The summed E-state index contributed by atoms with van der Waals surface area (Å²) in [5, 5.41) is 11.2. The maximum Gasteiger partial charge on any atom is 0.289 e. The molecule has 138 valence electrons. The van der Waals surface area contributed by atoms with Crippen molar-refractivity contribution in [1.82, 2.24) is 9.21 Å². The van der Waals surface area contributed by atoms with Gasteiger partial charge in [0.15, 0.2) is 4.90 Å². The molecule has 0 saturated carbocycles. The third kappa shape index (κ3) is 4.09. The Hall–Kier alpha value is -2.29. The lowest BCUT2D eigenvalue weighted by Gasteiger charge is -2.21. The molecule has 0 amide bonds. The van der Waals surface area contributed by atoms with E-state index in [1.165, 1.54) is 34.1 Å². The van der Waals surface area contributed by atoms with Crippen molar-refractivity contribution >= 4 is 15.7 Å². The molecule has 0 bridgehead atoms. The number of hydrogen-bond acceptors (Lipinski definition) is 5. The van der Waals surface area contributed by atoms with E-state index in [-0.39, 0.29) is 10.6 Å². The summed E-state index contributed by atoms with van der Waals surface area (Å²) >= 11 is 0. The van der Waals surface area contributed by atoms with E-state index < -0.39 is 14.9 Å². The second-order valence-electron chi connectivity index (χ2n) is 6.24. The molecule has 0 unspecified atom stereocenters. The second kappa shape index (κ2) is 7.94. The van der Waals surface area contributed by atoms with Crippen LogP contribution >= 0.6 is 0 Å². The molecular weight excluding hydrogens is 354 g/mol. The van der Waals surface area contributed by atoms with Gasteiger partial charge >= 0.3 is 0 Å². The number of para-hydroxylation sites is 1. The summed E-state index contributed by atoms with van der Waals surface area (Å²) in [5.74, 6) is 0. The molecule has 1 aliphatic heterocycles. The molecule has 0 spiro atoms. The Morgan fingerprint density at radius 3 is 2.35 bits per heavy atom. The van der Waals surface area contributed by atoms with E-state index in [2.05, 4.69) is 4.90 Å².